The Morgan fingerprint density at radius 2 is 1.24 bits per heavy atom. The molecule has 2 heteroatoms. The van der Waals surface area contributed by atoms with Crippen LogP contribution in [0.15, 0.2) is 12.2 Å². The summed E-state index contributed by atoms with van der Waals surface area (Å²) in [6, 6.07) is 0. The quantitative estimate of drug-likeness (QED) is 0.152. The van der Waals surface area contributed by atoms with E-state index in [1.54, 1.807) is 0 Å². The van der Waals surface area contributed by atoms with Crippen LogP contribution in [-0.2, 0) is 9.53 Å². The number of allylic oxidation sites excluding steroid dienone is 2. The van der Waals surface area contributed by atoms with Gasteiger partial charge in [-0.25, -0.2) is 0 Å². The van der Waals surface area contributed by atoms with Gasteiger partial charge in [0.05, 0.1) is 0 Å². The van der Waals surface area contributed by atoms with E-state index < -0.39 is 0 Å². The second kappa shape index (κ2) is 16.7. The molecule has 0 fully saturated rings. The van der Waals surface area contributed by atoms with Crippen LogP contribution >= 0.6 is 0 Å². The lowest BCUT2D eigenvalue weighted by Gasteiger charge is -2.23. The molecule has 0 amide bonds. The maximum Gasteiger partial charge on any atom is 0.306 e. The van der Waals surface area contributed by atoms with Crippen LogP contribution in [0.25, 0.3) is 0 Å². The van der Waals surface area contributed by atoms with Crippen molar-refractivity contribution in [3.63, 3.8) is 0 Å². The molecule has 2 nitrogen and oxygen atoms in total. The van der Waals surface area contributed by atoms with Crippen molar-refractivity contribution in [3.8, 4) is 0 Å². The lowest BCUT2D eigenvalue weighted by atomic mass is 10.1. The summed E-state index contributed by atoms with van der Waals surface area (Å²) in [7, 11) is 0. The molecule has 0 aliphatic heterocycles. The van der Waals surface area contributed by atoms with Gasteiger partial charge in [-0.3, -0.25) is 4.79 Å². The summed E-state index contributed by atoms with van der Waals surface area (Å²) in [6.45, 7) is 8.27. The largest absolute Gasteiger partial charge is 0.460 e. The van der Waals surface area contributed by atoms with Crippen molar-refractivity contribution in [1.29, 1.82) is 0 Å². The van der Waals surface area contributed by atoms with Crippen LogP contribution in [-0.4, -0.2) is 11.6 Å². The molecule has 0 saturated heterocycles. The molecule has 0 atom stereocenters. The summed E-state index contributed by atoms with van der Waals surface area (Å²) in [5, 5.41) is 0. The highest BCUT2D eigenvalue weighted by atomic mass is 16.6. The van der Waals surface area contributed by atoms with Gasteiger partial charge in [-0.15, -0.1) is 0 Å². The summed E-state index contributed by atoms with van der Waals surface area (Å²) in [6.07, 6.45) is 22.8. The molecule has 0 rings (SSSR count). The zero-order chi connectivity index (χ0) is 18.8. The minimum atomic E-state index is -0.307. The molecule has 148 valence electrons. The maximum absolute atomic E-state index is 11.7. The fraction of sp³-hybridized carbons (Fsp3) is 0.870. The van der Waals surface area contributed by atoms with Gasteiger partial charge in [-0.2, -0.15) is 0 Å². The van der Waals surface area contributed by atoms with Gasteiger partial charge in [0.1, 0.15) is 5.60 Å². The smallest absolute Gasteiger partial charge is 0.306 e. The van der Waals surface area contributed by atoms with Gasteiger partial charge >= 0.3 is 5.97 Å². The van der Waals surface area contributed by atoms with Crippen LogP contribution < -0.4 is 0 Å². The molecule has 0 unspecified atom stereocenters. The normalized spacial score (nSPS) is 12.0. The molecule has 0 radical (unpaired) electrons. The number of hydrogen-bond donors (Lipinski definition) is 0. The van der Waals surface area contributed by atoms with E-state index in [0.29, 0.717) is 6.42 Å². The molecular weight excluding hydrogens is 308 g/mol. The lowest BCUT2D eigenvalue weighted by Crippen LogP contribution is -2.26. The van der Waals surface area contributed by atoms with E-state index in [0.717, 1.165) is 19.3 Å². The Bertz CT molecular complexity index is 331. The molecule has 0 aliphatic carbocycles. The third-order valence-corrected chi connectivity index (χ3v) is 4.88. The monoisotopic (exact) mass is 352 g/mol. The Balaban J connectivity index is 3.30. The van der Waals surface area contributed by atoms with Crippen LogP contribution in [0.5, 0.6) is 0 Å². The molecule has 0 aliphatic rings. The Kier molecular flexibility index (Phi) is 16.1. The summed E-state index contributed by atoms with van der Waals surface area (Å²) in [5.74, 6) is -0.0375. The number of carbonyl (C=O) groups excluding carboxylic acids is 1. The Labute approximate surface area is 157 Å². The van der Waals surface area contributed by atoms with Crippen LogP contribution in [0.2, 0.25) is 0 Å². The van der Waals surface area contributed by atoms with Crippen LogP contribution in [0.4, 0.5) is 0 Å². The van der Waals surface area contributed by atoms with E-state index in [4.69, 9.17) is 4.74 Å². The van der Waals surface area contributed by atoms with Gasteiger partial charge in [-0.1, -0.05) is 77.4 Å². The van der Waals surface area contributed by atoms with E-state index in [9.17, 15) is 4.79 Å². The summed E-state index contributed by atoms with van der Waals surface area (Å²) < 4.78 is 5.46. The molecule has 0 N–H and O–H groups in total. The van der Waals surface area contributed by atoms with E-state index >= 15 is 0 Å². The van der Waals surface area contributed by atoms with Crippen molar-refractivity contribution < 1.29 is 9.53 Å². The third-order valence-electron chi connectivity index (χ3n) is 4.88. The Hall–Kier alpha value is -0.790. The van der Waals surface area contributed by atoms with Crippen molar-refractivity contribution in [2.24, 2.45) is 0 Å². The topological polar surface area (TPSA) is 26.3 Å². The van der Waals surface area contributed by atoms with Crippen molar-refractivity contribution >= 4 is 5.97 Å². The Morgan fingerprint density at radius 3 is 1.76 bits per heavy atom. The first kappa shape index (κ1) is 24.2. The Morgan fingerprint density at radius 1 is 0.760 bits per heavy atom. The molecule has 0 aromatic rings. The highest BCUT2D eigenvalue weighted by Gasteiger charge is 2.19. The predicted molar refractivity (Wildman–Crippen MR) is 110 cm³/mol. The number of unbranched alkanes of at least 4 members (excludes halogenated alkanes) is 11. The first-order valence-electron chi connectivity index (χ1n) is 10.9. The minimum Gasteiger partial charge on any atom is -0.460 e. The van der Waals surface area contributed by atoms with Crippen molar-refractivity contribution in [1.82, 2.24) is 0 Å². The third kappa shape index (κ3) is 17.8. The van der Waals surface area contributed by atoms with Gasteiger partial charge in [0, 0.05) is 6.42 Å². The average molecular weight is 353 g/mol. The van der Waals surface area contributed by atoms with Gasteiger partial charge < -0.3 is 4.74 Å². The average Bonchev–Trinajstić information content (AvgIpc) is 2.58. The number of ether oxygens (including phenoxy) is 1. The molecular formula is C23H44O2. The standard InChI is InChI=1S/C23H44O2/c1-5-7-8-9-10-11-12-13-14-15-16-17-18-19-20-21-22(24)25-23(3,4)6-2/h13-14H,5-12,15-21H2,1-4H3. The van der Waals surface area contributed by atoms with Gasteiger partial charge in [-0.05, 0) is 52.4 Å². The van der Waals surface area contributed by atoms with Crippen LogP contribution in [0.3, 0.4) is 0 Å². The fourth-order valence-electron chi connectivity index (χ4n) is 2.77. The lowest BCUT2D eigenvalue weighted by molar-refractivity contribution is -0.156. The second-order valence-corrected chi connectivity index (χ2v) is 7.92. The highest BCUT2D eigenvalue weighted by molar-refractivity contribution is 5.69. The summed E-state index contributed by atoms with van der Waals surface area (Å²) >= 11 is 0. The minimum absolute atomic E-state index is 0.0375. The van der Waals surface area contributed by atoms with E-state index in [2.05, 4.69) is 26.0 Å². The molecule has 0 aromatic heterocycles. The van der Waals surface area contributed by atoms with Crippen molar-refractivity contribution in [2.45, 2.75) is 130 Å². The molecule has 25 heavy (non-hydrogen) atoms. The number of esters is 1. The second-order valence-electron chi connectivity index (χ2n) is 7.92. The first-order valence-corrected chi connectivity index (χ1v) is 10.9. The van der Waals surface area contributed by atoms with E-state index in [1.807, 2.05) is 13.8 Å². The highest BCUT2D eigenvalue weighted by Crippen LogP contribution is 2.16. The molecule has 0 aromatic carbocycles. The number of rotatable bonds is 17. The first-order chi connectivity index (χ1) is 12.0. The zero-order valence-electron chi connectivity index (χ0n) is 17.6. The number of carbonyl (C=O) groups is 1. The van der Waals surface area contributed by atoms with Gasteiger partial charge in [0.25, 0.3) is 0 Å². The fourth-order valence-corrected chi connectivity index (χ4v) is 2.77. The molecule has 0 bridgehead atoms. The molecule has 0 spiro atoms. The maximum atomic E-state index is 11.7. The predicted octanol–water partition coefficient (Wildman–Crippen LogP) is 7.76. The van der Waals surface area contributed by atoms with E-state index in [1.165, 1.54) is 70.6 Å². The molecule has 0 heterocycles. The van der Waals surface area contributed by atoms with Gasteiger partial charge in [0.15, 0.2) is 0 Å². The van der Waals surface area contributed by atoms with Gasteiger partial charge in [0.2, 0.25) is 0 Å². The molecule has 0 saturated carbocycles. The SMILES string of the molecule is CCCCCCCCC=CCCCCCCCC(=O)OC(C)(C)CC. The van der Waals surface area contributed by atoms with Crippen LogP contribution in [0, 0.1) is 0 Å². The van der Waals surface area contributed by atoms with Crippen molar-refractivity contribution in [2.75, 3.05) is 0 Å². The summed E-state index contributed by atoms with van der Waals surface area (Å²) in [4.78, 5) is 11.7. The summed E-state index contributed by atoms with van der Waals surface area (Å²) in [5.41, 5.74) is -0.307. The zero-order valence-corrected chi connectivity index (χ0v) is 17.6. The van der Waals surface area contributed by atoms with E-state index in [-0.39, 0.29) is 11.6 Å². The van der Waals surface area contributed by atoms with Crippen LogP contribution in [0.1, 0.15) is 124 Å². The number of hydrogen-bond acceptors (Lipinski definition) is 2. The van der Waals surface area contributed by atoms with Crippen molar-refractivity contribution in [3.05, 3.63) is 12.2 Å².